The van der Waals surface area contributed by atoms with Crippen molar-refractivity contribution < 1.29 is 4.79 Å². The summed E-state index contributed by atoms with van der Waals surface area (Å²) in [6.07, 6.45) is 0. The standard InChI is InChI=1S/C15H25N3O/c1-11(18(4)5)10-16-12(2)14-7-6-8-15(9-14)17-13(3)19/h6-9,11-12,16H,10H2,1-5H3,(H,17,19). The predicted molar refractivity (Wildman–Crippen MR) is 80.3 cm³/mol. The molecule has 0 aromatic heterocycles. The minimum Gasteiger partial charge on any atom is -0.326 e. The highest BCUT2D eigenvalue weighted by atomic mass is 16.1. The highest BCUT2D eigenvalue weighted by Crippen LogP contribution is 2.17. The molecule has 0 aliphatic carbocycles. The zero-order chi connectivity index (χ0) is 14.4. The van der Waals surface area contributed by atoms with Crippen molar-refractivity contribution in [3.8, 4) is 0 Å². The van der Waals surface area contributed by atoms with Gasteiger partial charge in [-0.05, 0) is 45.6 Å². The molecule has 0 bridgehead atoms. The molecule has 0 spiro atoms. The van der Waals surface area contributed by atoms with Crippen molar-refractivity contribution in [3.63, 3.8) is 0 Å². The lowest BCUT2D eigenvalue weighted by atomic mass is 10.1. The summed E-state index contributed by atoms with van der Waals surface area (Å²) in [6, 6.07) is 8.70. The van der Waals surface area contributed by atoms with Gasteiger partial charge in [-0.15, -0.1) is 0 Å². The molecule has 1 aromatic rings. The molecule has 0 saturated heterocycles. The van der Waals surface area contributed by atoms with E-state index in [0.29, 0.717) is 6.04 Å². The van der Waals surface area contributed by atoms with E-state index in [2.05, 4.69) is 49.5 Å². The number of carbonyl (C=O) groups is 1. The second-order valence-electron chi connectivity index (χ2n) is 5.25. The molecule has 106 valence electrons. The summed E-state index contributed by atoms with van der Waals surface area (Å²) in [7, 11) is 4.16. The third-order valence-corrected chi connectivity index (χ3v) is 3.31. The van der Waals surface area contributed by atoms with E-state index in [-0.39, 0.29) is 11.9 Å². The molecule has 0 aliphatic heterocycles. The maximum Gasteiger partial charge on any atom is 0.221 e. The Labute approximate surface area is 116 Å². The molecule has 0 radical (unpaired) electrons. The van der Waals surface area contributed by atoms with Gasteiger partial charge in [-0.25, -0.2) is 0 Å². The van der Waals surface area contributed by atoms with Crippen molar-refractivity contribution in [3.05, 3.63) is 29.8 Å². The Morgan fingerprint density at radius 1 is 1.32 bits per heavy atom. The highest BCUT2D eigenvalue weighted by molar-refractivity contribution is 5.88. The van der Waals surface area contributed by atoms with Crippen LogP contribution in [0.1, 0.15) is 32.4 Å². The first-order chi connectivity index (χ1) is 8.90. The van der Waals surface area contributed by atoms with Crippen molar-refractivity contribution >= 4 is 11.6 Å². The van der Waals surface area contributed by atoms with Crippen LogP contribution in [0.5, 0.6) is 0 Å². The summed E-state index contributed by atoms with van der Waals surface area (Å²) < 4.78 is 0. The molecular weight excluding hydrogens is 238 g/mol. The van der Waals surface area contributed by atoms with E-state index in [1.165, 1.54) is 12.5 Å². The summed E-state index contributed by atoms with van der Waals surface area (Å²) in [5.74, 6) is -0.0426. The van der Waals surface area contributed by atoms with Gasteiger partial charge in [0.25, 0.3) is 0 Å². The minimum absolute atomic E-state index is 0.0426. The molecule has 2 unspecified atom stereocenters. The Hall–Kier alpha value is -1.39. The van der Waals surface area contributed by atoms with Gasteiger partial charge in [-0.3, -0.25) is 4.79 Å². The Morgan fingerprint density at radius 3 is 2.58 bits per heavy atom. The number of likely N-dealkylation sites (N-methyl/N-ethyl adjacent to an activating group) is 1. The average molecular weight is 263 g/mol. The molecule has 0 heterocycles. The highest BCUT2D eigenvalue weighted by Gasteiger charge is 2.09. The third kappa shape index (κ3) is 5.41. The Balaban J connectivity index is 2.61. The van der Waals surface area contributed by atoms with Gasteiger partial charge < -0.3 is 15.5 Å². The largest absolute Gasteiger partial charge is 0.326 e. The zero-order valence-corrected chi connectivity index (χ0v) is 12.5. The molecule has 1 aromatic carbocycles. The van der Waals surface area contributed by atoms with Crippen molar-refractivity contribution in [1.29, 1.82) is 0 Å². The second kappa shape index (κ2) is 7.26. The number of benzene rings is 1. The van der Waals surface area contributed by atoms with Gasteiger partial charge >= 0.3 is 0 Å². The predicted octanol–water partition coefficient (Wildman–Crippen LogP) is 2.25. The molecular formula is C15H25N3O. The van der Waals surface area contributed by atoms with Crippen LogP contribution in [0.2, 0.25) is 0 Å². The minimum atomic E-state index is -0.0426. The van der Waals surface area contributed by atoms with Crippen LogP contribution in [0.25, 0.3) is 0 Å². The first-order valence-electron chi connectivity index (χ1n) is 6.67. The van der Waals surface area contributed by atoms with Crippen LogP contribution in [0, 0.1) is 0 Å². The van der Waals surface area contributed by atoms with E-state index in [1.54, 1.807) is 0 Å². The summed E-state index contributed by atoms with van der Waals surface area (Å²) in [5.41, 5.74) is 2.02. The SMILES string of the molecule is CC(=O)Nc1cccc(C(C)NCC(C)N(C)C)c1. The molecule has 0 saturated carbocycles. The summed E-state index contributed by atoms with van der Waals surface area (Å²) >= 11 is 0. The van der Waals surface area contributed by atoms with Gasteiger partial charge in [0.05, 0.1) is 0 Å². The van der Waals surface area contributed by atoms with Crippen molar-refractivity contribution in [1.82, 2.24) is 10.2 Å². The smallest absolute Gasteiger partial charge is 0.221 e. The number of nitrogens with zero attached hydrogens (tertiary/aromatic N) is 1. The monoisotopic (exact) mass is 263 g/mol. The molecule has 0 fully saturated rings. The van der Waals surface area contributed by atoms with Gasteiger partial charge in [0.2, 0.25) is 5.91 Å². The van der Waals surface area contributed by atoms with Crippen LogP contribution in [-0.4, -0.2) is 37.5 Å². The van der Waals surface area contributed by atoms with Crippen LogP contribution in [0.4, 0.5) is 5.69 Å². The molecule has 19 heavy (non-hydrogen) atoms. The lowest BCUT2D eigenvalue weighted by Crippen LogP contribution is -2.36. The number of amides is 1. The van der Waals surface area contributed by atoms with Crippen molar-refractivity contribution in [2.45, 2.75) is 32.9 Å². The van der Waals surface area contributed by atoms with Crippen molar-refractivity contribution in [2.24, 2.45) is 0 Å². The van der Waals surface area contributed by atoms with E-state index < -0.39 is 0 Å². The van der Waals surface area contributed by atoms with Gasteiger partial charge in [-0.1, -0.05) is 12.1 Å². The number of rotatable bonds is 6. The maximum absolute atomic E-state index is 11.1. The number of nitrogens with one attached hydrogen (secondary N) is 2. The molecule has 0 aliphatic rings. The van der Waals surface area contributed by atoms with Gasteiger partial charge in [0.15, 0.2) is 0 Å². The Kier molecular flexibility index (Phi) is 5.99. The van der Waals surface area contributed by atoms with Crippen molar-refractivity contribution in [2.75, 3.05) is 26.0 Å². The molecule has 2 atom stereocenters. The third-order valence-electron chi connectivity index (χ3n) is 3.31. The quantitative estimate of drug-likeness (QED) is 0.827. The normalized spacial score (nSPS) is 14.2. The van der Waals surface area contributed by atoms with Crippen LogP contribution in [-0.2, 0) is 4.79 Å². The molecule has 2 N–H and O–H groups in total. The fourth-order valence-electron chi connectivity index (χ4n) is 1.74. The molecule has 4 nitrogen and oxygen atoms in total. The molecule has 1 rings (SSSR count). The summed E-state index contributed by atoms with van der Waals surface area (Å²) in [4.78, 5) is 13.2. The van der Waals surface area contributed by atoms with E-state index >= 15 is 0 Å². The zero-order valence-electron chi connectivity index (χ0n) is 12.5. The Morgan fingerprint density at radius 2 is 2.00 bits per heavy atom. The van der Waals surface area contributed by atoms with Crippen LogP contribution in [0.15, 0.2) is 24.3 Å². The van der Waals surface area contributed by atoms with E-state index in [1.807, 2.05) is 18.2 Å². The summed E-state index contributed by atoms with van der Waals surface area (Å²) in [5, 5.41) is 6.31. The first kappa shape index (κ1) is 15.7. The molecule has 1 amide bonds. The molecule has 4 heteroatoms. The maximum atomic E-state index is 11.1. The number of hydrogen-bond donors (Lipinski definition) is 2. The van der Waals surface area contributed by atoms with Gasteiger partial charge in [0, 0.05) is 31.2 Å². The first-order valence-corrected chi connectivity index (χ1v) is 6.67. The van der Waals surface area contributed by atoms with E-state index in [0.717, 1.165) is 12.2 Å². The van der Waals surface area contributed by atoms with Crippen LogP contribution >= 0.6 is 0 Å². The lowest BCUT2D eigenvalue weighted by molar-refractivity contribution is -0.114. The van der Waals surface area contributed by atoms with Crippen LogP contribution < -0.4 is 10.6 Å². The fraction of sp³-hybridized carbons (Fsp3) is 0.533. The van der Waals surface area contributed by atoms with Gasteiger partial charge in [-0.2, -0.15) is 0 Å². The second-order valence-corrected chi connectivity index (χ2v) is 5.25. The summed E-state index contributed by atoms with van der Waals surface area (Å²) in [6.45, 7) is 6.77. The number of hydrogen-bond acceptors (Lipinski definition) is 3. The Bertz CT molecular complexity index is 418. The van der Waals surface area contributed by atoms with Gasteiger partial charge in [0.1, 0.15) is 0 Å². The number of carbonyl (C=O) groups excluding carboxylic acids is 1. The average Bonchev–Trinajstić information content (AvgIpc) is 2.34. The lowest BCUT2D eigenvalue weighted by Gasteiger charge is -2.23. The fourth-order valence-corrected chi connectivity index (χ4v) is 1.74. The van der Waals surface area contributed by atoms with E-state index in [9.17, 15) is 4.79 Å². The van der Waals surface area contributed by atoms with E-state index in [4.69, 9.17) is 0 Å². The van der Waals surface area contributed by atoms with Crippen LogP contribution in [0.3, 0.4) is 0 Å². The number of anilines is 1. The topological polar surface area (TPSA) is 44.4 Å².